The van der Waals surface area contributed by atoms with Crippen LogP contribution in [0.1, 0.15) is 51.8 Å². The minimum absolute atomic E-state index is 0.217. The van der Waals surface area contributed by atoms with E-state index in [0.29, 0.717) is 11.1 Å². The van der Waals surface area contributed by atoms with Gasteiger partial charge in [-0.3, -0.25) is 14.4 Å². The van der Waals surface area contributed by atoms with Crippen LogP contribution >= 0.6 is 0 Å². The van der Waals surface area contributed by atoms with Gasteiger partial charge in [0.2, 0.25) is 11.8 Å². The molecule has 0 aliphatic rings. The van der Waals surface area contributed by atoms with E-state index in [-0.39, 0.29) is 12.5 Å². The average molecular weight is 490 g/mol. The number of esters is 1. The molecule has 0 spiro atoms. The summed E-state index contributed by atoms with van der Waals surface area (Å²) in [5.41, 5.74) is 0.177. The number of aliphatic hydroxyl groups excluding tert-OH is 1. The molecule has 35 heavy (non-hydrogen) atoms. The Morgan fingerprint density at radius 3 is 2.20 bits per heavy atom. The van der Waals surface area contributed by atoms with E-state index in [4.69, 9.17) is 11.2 Å². The molecule has 3 N–H and O–H groups in total. The molecule has 0 aliphatic heterocycles. The van der Waals surface area contributed by atoms with Gasteiger partial charge in [-0.25, -0.2) is 4.79 Å². The van der Waals surface area contributed by atoms with Crippen molar-refractivity contribution in [2.24, 2.45) is 5.92 Å². The Bertz CT molecular complexity index is 930. The Balaban J connectivity index is 3.41. The van der Waals surface area contributed by atoms with Gasteiger partial charge in [-0.05, 0) is 44.4 Å². The number of alkyl carbamates (subject to hydrolysis) is 1. The molecule has 2 unspecified atom stereocenters. The van der Waals surface area contributed by atoms with Gasteiger partial charge in [-0.2, -0.15) is 0 Å². The number of methoxy groups -OCH3 is 1. The number of carbonyl (C=O) groups is 4. The molecule has 0 saturated carbocycles. The molecule has 0 radical (unpaired) electrons. The van der Waals surface area contributed by atoms with Crippen LogP contribution in [-0.4, -0.2) is 72.3 Å². The first-order chi connectivity index (χ1) is 16.3. The van der Waals surface area contributed by atoms with Gasteiger partial charge in [-0.15, -0.1) is 6.42 Å². The van der Waals surface area contributed by atoms with Crippen molar-refractivity contribution in [2.75, 3.05) is 26.8 Å². The number of amides is 3. The number of ether oxygens (including phenoxy) is 2. The number of nitrogens with one attached hydrogen (secondary N) is 2. The predicted molar refractivity (Wildman–Crippen MR) is 129 cm³/mol. The lowest BCUT2D eigenvalue weighted by molar-refractivity contribution is -0.145. The first-order valence-corrected chi connectivity index (χ1v) is 11.2. The number of nitrogens with zero attached hydrogens (tertiary/aromatic N) is 1. The quantitative estimate of drug-likeness (QED) is 0.334. The maximum Gasteiger partial charge on any atom is 0.408 e. The highest BCUT2D eigenvalue weighted by atomic mass is 16.6. The fraction of sp³-hybridized carbons (Fsp3) is 0.520. The van der Waals surface area contributed by atoms with Crippen molar-refractivity contribution in [1.82, 2.24) is 15.5 Å². The number of hydrogen-bond acceptors (Lipinski definition) is 7. The van der Waals surface area contributed by atoms with Gasteiger partial charge in [0, 0.05) is 12.1 Å². The minimum atomic E-state index is -1.23. The normalized spacial score (nSPS) is 12.7. The molecular formula is C25H35N3O7. The summed E-state index contributed by atoms with van der Waals surface area (Å²) in [4.78, 5) is 52.0. The van der Waals surface area contributed by atoms with Crippen molar-refractivity contribution < 1.29 is 33.8 Å². The van der Waals surface area contributed by atoms with Crippen molar-refractivity contribution in [1.29, 1.82) is 0 Å². The zero-order chi connectivity index (χ0) is 26.8. The van der Waals surface area contributed by atoms with E-state index in [0.717, 1.165) is 4.90 Å². The average Bonchev–Trinajstić information content (AvgIpc) is 2.79. The largest absolute Gasteiger partial charge is 0.468 e. The highest BCUT2D eigenvalue weighted by Crippen LogP contribution is 2.24. The summed E-state index contributed by atoms with van der Waals surface area (Å²) in [7, 11) is 1.18. The molecule has 0 heterocycles. The minimum Gasteiger partial charge on any atom is -0.468 e. The second-order valence-corrected chi connectivity index (χ2v) is 9.09. The van der Waals surface area contributed by atoms with Gasteiger partial charge in [0.15, 0.2) is 0 Å². The molecule has 2 atom stereocenters. The Morgan fingerprint density at radius 1 is 1.14 bits per heavy atom. The molecule has 192 valence electrons. The Hall–Kier alpha value is -3.58. The summed E-state index contributed by atoms with van der Waals surface area (Å²) in [5.74, 6) is 0.139. The summed E-state index contributed by atoms with van der Waals surface area (Å²) >= 11 is 0. The third-order valence-electron chi connectivity index (χ3n) is 4.82. The van der Waals surface area contributed by atoms with Crippen molar-refractivity contribution >= 4 is 23.9 Å². The number of hydrogen-bond donors (Lipinski definition) is 3. The second kappa shape index (κ2) is 13.3. The number of benzene rings is 1. The standard InChI is InChI=1S/C25H35N3O7/c1-8-17-9-11-18(12-10-17)21(22(31)26-15-19(30)34-7)28(13-14-29)23(32)20(16(2)3)27-24(33)35-25(4,5)6/h1,9-12,16,20-21,29H,13-15H2,2-7H3,(H,26,31)(H,27,33). The maximum absolute atomic E-state index is 13.7. The Morgan fingerprint density at radius 2 is 1.74 bits per heavy atom. The molecule has 0 aliphatic carbocycles. The van der Waals surface area contributed by atoms with Gasteiger partial charge < -0.3 is 30.1 Å². The maximum atomic E-state index is 13.7. The molecule has 3 amide bonds. The highest BCUT2D eigenvalue weighted by molar-refractivity contribution is 5.93. The monoisotopic (exact) mass is 489 g/mol. The van der Waals surface area contributed by atoms with Crippen LogP contribution in [0.2, 0.25) is 0 Å². The SMILES string of the molecule is C#Cc1ccc(C(C(=O)NCC(=O)OC)N(CCO)C(=O)C(NC(=O)OC(C)(C)C)C(C)C)cc1. The smallest absolute Gasteiger partial charge is 0.408 e. The summed E-state index contributed by atoms with van der Waals surface area (Å²) in [6.07, 6.45) is 4.63. The van der Waals surface area contributed by atoms with Gasteiger partial charge in [0.25, 0.3) is 0 Å². The summed E-state index contributed by atoms with van der Waals surface area (Å²) in [5, 5.41) is 14.7. The Kier molecular flexibility index (Phi) is 11.2. The topological polar surface area (TPSA) is 134 Å². The van der Waals surface area contributed by atoms with E-state index in [1.807, 2.05) is 0 Å². The van der Waals surface area contributed by atoms with Crippen LogP contribution in [0.25, 0.3) is 0 Å². The summed E-state index contributed by atoms with van der Waals surface area (Å²) in [6, 6.07) is 4.10. The number of carbonyl (C=O) groups excluding carboxylic acids is 4. The molecular weight excluding hydrogens is 454 g/mol. The van der Waals surface area contributed by atoms with Crippen molar-refractivity contribution in [3.63, 3.8) is 0 Å². The predicted octanol–water partition coefficient (Wildman–Crippen LogP) is 1.37. The fourth-order valence-corrected chi connectivity index (χ4v) is 3.16. The first-order valence-electron chi connectivity index (χ1n) is 11.2. The van der Waals surface area contributed by atoms with Crippen LogP contribution in [0.4, 0.5) is 4.79 Å². The zero-order valence-corrected chi connectivity index (χ0v) is 21.1. The van der Waals surface area contributed by atoms with Crippen LogP contribution in [0.15, 0.2) is 24.3 Å². The molecule has 1 aromatic carbocycles. The van der Waals surface area contributed by atoms with Crippen LogP contribution in [0.3, 0.4) is 0 Å². The van der Waals surface area contributed by atoms with Crippen molar-refractivity contribution in [3.05, 3.63) is 35.4 Å². The summed E-state index contributed by atoms with van der Waals surface area (Å²) in [6.45, 7) is 7.45. The van der Waals surface area contributed by atoms with E-state index in [9.17, 15) is 24.3 Å². The Labute approximate surface area is 206 Å². The van der Waals surface area contributed by atoms with Crippen LogP contribution in [0.5, 0.6) is 0 Å². The highest BCUT2D eigenvalue weighted by Gasteiger charge is 2.37. The van der Waals surface area contributed by atoms with Crippen LogP contribution in [-0.2, 0) is 23.9 Å². The molecule has 0 fully saturated rings. The molecule has 0 saturated heterocycles. The van der Waals surface area contributed by atoms with E-state index < -0.39 is 54.7 Å². The van der Waals surface area contributed by atoms with E-state index >= 15 is 0 Å². The first kappa shape index (κ1) is 29.5. The van der Waals surface area contributed by atoms with Crippen molar-refractivity contribution in [3.8, 4) is 12.3 Å². The molecule has 1 rings (SSSR count). The third-order valence-corrected chi connectivity index (χ3v) is 4.82. The van der Waals surface area contributed by atoms with Gasteiger partial charge >= 0.3 is 12.1 Å². The lowest BCUT2D eigenvalue weighted by atomic mass is 9.98. The number of aliphatic hydroxyl groups is 1. The lowest BCUT2D eigenvalue weighted by Gasteiger charge is -2.35. The lowest BCUT2D eigenvalue weighted by Crippen LogP contribution is -2.55. The second-order valence-electron chi connectivity index (χ2n) is 9.09. The molecule has 0 bridgehead atoms. The number of terminal acetylenes is 1. The van der Waals surface area contributed by atoms with E-state index in [1.54, 1.807) is 58.9 Å². The van der Waals surface area contributed by atoms with Gasteiger partial charge in [0.05, 0.1) is 13.7 Å². The fourth-order valence-electron chi connectivity index (χ4n) is 3.16. The van der Waals surface area contributed by atoms with Crippen LogP contribution < -0.4 is 10.6 Å². The molecule has 1 aromatic rings. The molecule has 0 aromatic heterocycles. The van der Waals surface area contributed by atoms with Gasteiger partial charge in [-0.1, -0.05) is 31.9 Å². The molecule has 10 heteroatoms. The van der Waals surface area contributed by atoms with Crippen LogP contribution in [0, 0.1) is 18.3 Å². The zero-order valence-electron chi connectivity index (χ0n) is 21.1. The third kappa shape index (κ3) is 9.29. The van der Waals surface area contributed by atoms with Gasteiger partial charge in [0.1, 0.15) is 24.2 Å². The summed E-state index contributed by atoms with van der Waals surface area (Å²) < 4.78 is 9.85. The van der Waals surface area contributed by atoms with E-state index in [2.05, 4.69) is 21.3 Å². The van der Waals surface area contributed by atoms with E-state index in [1.165, 1.54) is 7.11 Å². The number of rotatable bonds is 10. The molecule has 10 nitrogen and oxygen atoms in total. The van der Waals surface area contributed by atoms with Crippen molar-refractivity contribution in [2.45, 2.75) is 52.3 Å².